The zero-order valence-corrected chi connectivity index (χ0v) is 11.0. The van der Waals surface area contributed by atoms with Crippen LogP contribution in [0.4, 0.5) is 10.1 Å². The van der Waals surface area contributed by atoms with Crippen LogP contribution in [0, 0.1) is 5.82 Å². The van der Waals surface area contributed by atoms with Gasteiger partial charge in [0.15, 0.2) is 0 Å². The Hall–Kier alpha value is -1.13. The summed E-state index contributed by atoms with van der Waals surface area (Å²) in [6, 6.07) is 5.48. The van der Waals surface area contributed by atoms with Gasteiger partial charge in [-0.25, -0.2) is 4.39 Å². The number of nitrogens with zero attached hydrogens (tertiary/aromatic N) is 1. The Bertz CT molecular complexity index is 403. The molecule has 0 saturated carbocycles. The number of halogens is 1. The van der Waals surface area contributed by atoms with Crippen LogP contribution in [0.15, 0.2) is 18.2 Å². The molecule has 0 radical (unpaired) electrons. The molecule has 3 nitrogen and oxygen atoms in total. The second-order valence-corrected chi connectivity index (χ2v) is 4.95. The van der Waals surface area contributed by atoms with Crippen molar-refractivity contribution in [3.05, 3.63) is 29.6 Å². The van der Waals surface area contributed by atoms with E-state index < -0.39 is 0 Å². The first-order valence-corrected chi connectivity index (χ1v) is 6.45. The summed E-state index contributed by atoms with van der Waals surface area (Å²) in [4.78, 5) is 2.02. The van der Waals surface area contributed by atoms with E-state index in [0.717, 1.165) is 31.6 Å². The van der Waals surface area contributed by atoms with Crippen molar-refractivity contribution >= 4 is 5.69 Å². The molecule has 0 bridgehead atoms. The van der Waals surface area contributed by atoms with Crippen LogP contribution in [0.2, 0.25) is 0 Å². The van der Waals surface area contributed by atoms with Crippen molar-refractivity contribution in [2.24, 2.45) is 5.73 Å². The summed E-state index contributed by atoms with van der Waals surface area (Å²) in [5.41, 5.74) is 7.23. The van der Waals surface area contributed by atoms with Gasteiger partial charge in [0, 0.05) is 32.3 Å². The van der Waals surface area contributed by atoms with Crippen molar-refractivity contribution in [2.45, 2.75) is 31.8 Å². The van der Waals surface area contributed by atoms with Crippen LogP contribution in [0.5, 0.6) is 0 Å². The minimum Gasteiger partial charge on any atom is -0.381 e. The predicted octanol–water partition coefficient (Wildman–Crippen LogP) is 2.46. The summed E-state index contributed by atoms with van der Waals surface area (Å²) < 4.78 is 19.4. The van der Waals surface area contributed by atoms with E-state index in [1.807, 2.05) is 31.0 Å². The molecule has 1 heterocycles. The summed E-state index contributed by atoms with van der Waals surface area (Å²) in [5.74, 6) is -0.196. The van der Waals surface area contributed by atoms with Crippen LogP contribution in [-0.4, -0.2) is 26.3 Å². The lowest BCUT2D eigenvalue weighted by molar-refractivity contribution is 0.0853. The van der Waals surface area contributed by atoms with Gasteiger partial charge < -0.3 is 15.4 Å². The Morgan fingerprint density at radius 1 is 1.39 bits per heavy atom. The van der Waals surface area contributed by atoms with Crippen molar-refractivity contribution in [2.75, 3.05) is 25.2 Å². The highest BCUT2D eigenvalue weighted by atomic mass is 19.1. The number of anilines is 1. The van der Waals surface area contributed by atoms with Crippen LogP contribution in [0.25, 0.3) is 0 Å². The summed E-state index contributed by atoms with van der Waals surface area (Å²) in [5, 5.41) is 0. The highest BCUT2D eigenvalue weighted by Gasteiger charge is 2.21. The van der Waals surface area contributed by atoms with Gasteiger partial charge in [-0.2, -0.15) is 0 Å². The van der Waals surface area contributed by atoms with E-state index in [0.29, 0.717) is 11.7 Å². The first-order chi connectivity index (χ1) is 8.59. The van der Waals surface area contributed by atoms with Gasteiger partial charge >= 0.3 is 0 Å². The maximum Gasteiger partial charge on any atom is 0.146 e. The highest BCUT2D eigenvalue weighted by Crippen LogP contribution is 2.26. The third-order valence-corrected chi connectivity index (χ3v) is 3.62. The van der Waals surface area contributed by atoms with Crippen LogP contribution in [-0.2, 0) is 4.74 Å². The Kier molecular flexibility index (Phi) is 4.19. The molecule has 2 N–H and O–H groups in total. The van der Waals surface area contributed by atoms with Gasteiger partial charge in [0.25, 0.3) is 0 Å². The van der Waals surface area contributed by atoms with Gasteiger partial charge in [0.2, 0.25) is 0 Å². The molecule has 0 amide bonds. The van der Waals surface area contributed by atoms with Gasteiger partial charge in [0.1, 0.15) is 5.82 Å². The molecule has 18 heavy (non-hydrogen) atoms. The monoisotopic (exact) mass is 252 g/mol. The zero-order valence-electron chi connectivity index (χ0n) is 11.0. The number of nitrogens with two attached hydrogens (primary N) is 1. The molecule has 100 valence electrons. The molecule has 0 aromatic heterocycles. The van der Waals surface area contributed by atoms with E-state index in [9.17, 15) is 4.39 Å². The number of hydrogen-bond acceptors (Lipinski definition) is 3. The van der Waals surface area contributed by atoms with Gasteiger partial charge in [-0.05, 0) is 37.5 Å². The summed E-state index contributed by atoms with van der Waals surface area (Å²) >= 11 is 0. The fourth-order valence-corrected chi connectivity index (χ4v) is 2.36. The molecule has 2 rings (SSSR count). The second-order valence-electron chi connectivity index (χ2n) is 4.95. The van der Waals surface area contributed by atoms with E-state index in [2.05, 4.69) is 0 Å². The third-order valence-electron chi connectivity index (χ3n) is 3.62. The van der Waals surface area contributed by atoms with Crippen molar-refractivity contribution in [1.82, 2.24) is 0 Å². The number of benzene rings is 1. The minimum atomic E-state index is -0.196. The van der Waals surface area contributed by atoms with E-state index in [4.69, 9.17) is 10.5 Å². The minimum absolute atomic E-state index is 0.137. The quantitative estimate of drug-likeness (QED) is 0.898. The van der Waals surface area contributed by atoms with Crippen LogP contribution in [0.1, 0.15) is 31.4 Å². The molecular weight excluding hydrogens is 231 g/mol. The fourth-order valence-electron chi connectivity index (χ4n) is 2.36. The van der Waals surface area contributed by atoms with Gasteiger partial charge in [-0.3, -0.25) is 0 Å². The molecule has 1 aliphatic heterocycles. The first kappa shape index (κ1) is 13.3. The molecule has 0 unspecified atom stereocenters. The molecule has 1 fully saturated rings. The van der Waals surface area contributed by atoms with Crippen molar-refractivity contribution < 1.29 is 9.13 Å². The number of rotatable bonds is 3. The largest absolute Gasteiger partial charge is 0.381 e. The number of ether oxygens (including phenoxy) is 1. The van der Waals surface area contributed by atoms with Crippen molar-refractivity contribution in [1.29, 1.82) is 0 Å². The Balaban J connectivity index is 2.16. The topological polar surface area (TPSA) is 38.5 Å². The number of hydrogen-bond donors (Lipinski definition) is 1. The van der Waals surface area contributed by atoms with Crippen molar-refractivity contribution in [3.8, 4) is 0 Å². The van der Waals surface area contributed by atoms with Crippen molar-refractivity contribution in [3.63, 3.8) is 0 Å². The summed E-state index contributed by atoms with van der Waals surface area (Å²) in [7, 11) is 1.94. The zero-order chi connectivity index (χ0) is 13.1. The van der Waals surface area contributed by atoms with Gasteiger partial charge in [-0.1, -0.05) is 6.07 Å². The SMILES string of the molecule is C[C@H](N)c1ccc(N(C)C2CCOCC2)c(F)c1. The third kappa shape index (κ3) is 2.82. The molecule has 1 atom stereocenters. The first-order valence-electron chi connectivity index (χ1n) is 6.45. The maximum atomic E-state index is 14.1. The molecule has 0 spiro atoms. The smallest absolute Gasteiger partial charge is 0.146 e. The molecule has 4 heteroatoms. The molecular formula is C14H21FN2O. The molecule has 1 aliphatic rings. The predicted molar refractivity (Wildman–Crippen MR) is 71.2 cm³/mol. The molecule has 1 aromatic rings. The van der Waals surface area contributed by atoms with Crippen LogP contribution in [0.3, 0.4) is 0 Å². The molecule has 1 saturated heterocycles. The Labute approximate surface area is 108 Å². The van der Waals surface area contributed by atoms with E-state index in [1.54, 1.807) is 0 Å². The lowest BCUT2D eigenvalue weighted by atomic mass is 10.0. The lowest BCUT2D eigenvalue weighted by Gasteiger charge is -2.33. The highest BCUT2D eigenvalue weighted by molar-refractivity contribution is 5.49. The Morgan fingerprint density at radius 2 is 2.06 bits per heavy atom. The Morgan fingerprint density at radius 3 is 2.61 bits per heavy atom. The van der Waals surface area contributed by atoms with Crippen LogP contribution < -0.4 is 10.6 Å². The standard InChI is InChI=1S/C14H21FN2O/c1-10(16)11-3-4-14(13(15)9-11)17(2)12-5-7-18-8-6-12/h3-4,9-10,12H,5-8,16H2,1-2H3/t10-/m0/s1. The molecule has 0 aliphatic carbocycles. The van der Waals surface area contributed by atoms with Gasteiger partial charge in [-0.15, -0.1) is 0 Å². The average molecular weight is 252 g/mol. The van der Waals surface area contributed by atoms with E-state index in [1.165, 1.54) is 6.07 Å². The summed E-state index contributed by atoms with van der Waals surface area (Å²) in [6.07, 6.45) is 1.90. The van der Waals surface area contributed by atoms with Gasteiger partial charge in [0.05, 0.1) is 5.69 Å². The van der Waals surface area contributed by atoms with E-state index >= 15 is 0 Å². The summed E-state index contributed by atoms with van der Waals surface area (Å²) in [6.45, 7) is 3.37. The van der Waals surface area contributed by atoms with Crippen LogP contribution >= 0.6 is 0 Å². The average Bonchev–Trinajstić information content (AvgIpc) is 2.38. The van der Waals surface area contributed by atoms with E-state index in [-0.39, 0.29) is 11.9 Å². The molecule has 1 aromatic carbocycles. The lowest BCUT2D eigenvalue weighted by Crippen LogP contribution is -2.37. The maximum absolute atomic E-state index is 14.1. The normalized spacial score (nSPS) is 18.7. The second kappa shape index (κ2) is 5.67. The fraction of sp³-hybridized carbons (Fsp3) is 0.571.